The first-order valence-electron chi connectivity index (χ1n) is 3.79. The predicted molar refractivity (Wildman–Crippen MR) is 59.5 cm³/mol. The fourth-order valence-electron chi connectivity index (χ4n) is 0.841. The van der Waals surface area contributed by atoms with Crippen molar-refractivity contribution in [3.63, 3.8) is 0 Å². The van der Waals surface area contributed by atoms with E-state index in [1.54, 1.807) is 11.8 Å². The number of halogens is 1. The lowest BCUT2D eigenvalue weighted by Gasteiger charge is -2.02. The highest BCUT2D eigenvalue weighted by Gasteiger charge is 1.99. The van der Waals surface area contributed by atoms with E-state index >= 15 is 0 Å². The van der Waals surface area contributed by atoms with E-state index in [2.05, 4.69) is 22.0 Å². The van der Waals surface area contributed by atoms with Crippen LogP contribution in [0.5, 0.6) is 0 Å². The second-order valence-electron chi connectivity index (χ2n) is 2.45. The average Bonchev–Trinajstić information content (AvgIpc) is 2.09. The van der Waals surface area contributed by atoms with E-state index in [0.717, 1.165) is 20.8 Å². The Morgan fingerprint density at radius 1 is 1.54 bits per heavy atom. The van der Waals surface area contributed by atoms with E-state index in [9.17, 15) is 0 Å². The van der Waals surface area contributed by atoms with Gasteiger partial charge in [-0.25, -0.2) is 0 Å². The number of hydrogen-bond acceptors (Lipinski definition) is 3. The molecule has 1 aromatic carbocycles. The Hall–Kier alpha value is -0.660. The van der Waals surface area contributed by atoms with Crippen LogP contribution in [0, 0.1) is 11.3 Å². The highest BCUT2D eigenvalue weighted by Crippen LogP contribution is 2.29. The fourth-order valence-corrected chi connectivity index (χ4v) is 2.35. The Bertz CT molecular complexity index is 333. The number of rotatable bonds is 3. The van der Waals surface area contributed by atoms with Crippen molar-refractivity contribution < 1.29 is 0 Å². The van der Waals surface area contributed by atoms with Crippen molar-refractivity contribution in [3.05, 3.63) is 22.7 Å². The Labute approximate surface area is 90.2 Å². The van der Waals surface area contributed by atoms with Gasteiger partial charge in [-0.05, 0) is 34.1 Å². The molecule has 0 fully saturated rings. The van der Waals surface area contributed by atoms with E-state index in [-0.39, 0.29) is 0 Å². The summed E-state index contributed by atoms with van der Waals surface area (Å²) in [5.41, 5.74) is 6.34. The van der Waals surface area contributed by atoms with E-state index < -0.39 is 0 Å². The van der Waals surface area contributed by atoms with Crippen LogP contribution in [-0.4, -0.2) is 5.75 Å². The zero-order chi connectivity index (χ0) is 9.68. The SMILES string of the molecule is N#CCCSc1ccc(N)cc1Br. The van der Waals surface area contributed by atoms with Crippen LogP contribution in [0.15, 0.2) is 27.6 Å². The second-order valence-corrected chi connectivity index (χ2v) is 4.44. The van der Waals surface area contributed by atoms with Gasteiger partial charge in [0, 0.05) is 27.2 Å². The zero-order valence-electron chi connectivity index (χ0n) is 6.96. The summed E-state index contributed by atoms with van der Waals surface area (Å²) in [4.78, 5) is 1.13. The lowest BCUT2D eigenvalue weighted by molar-refractivity contribution is 1.23. The van der Waals surface area contributed by atoms with Gasteiger partial charge in [-0.15, -0.1) is 11.8 Å². The number of thioether (sulfide) groups is 1. The van der Waals surface area contributed by atoms with Crippen LogP contribution in [0.1, 0.15) is 6.42 Å². The maximum Gasteiger partial charge on any atom is 0.0630 e. The number of nitrogens with two attached hydrogens (primary N) is 1. The number of nitrogen functional groups attached to an aromatic ring is 1. The standard InChI is InChI=1S/C9H9BrN2S/c10-8-6-7(12)2-3-9(8)13-5-1-4-11/h2-3,6H,1,5,12H2. The summed E-state index contributed by atoms with van der Waals surface area (Å²) >= 11 is 5.07. The molecule has 0 amide bonds. The van der Waals surface area contributed by atoms with Gasteiger partial charge >= 0.3 is 0 Å². The van der Waals surface area contributed by atoms with Crippen LogP contribution < -0.4 is 5.73 Å². The van der Waals surface area contributed by atoms with Crippen molar-refractivity contribution in [2.45, 2.75) is 11.3 Å². The topological polar surface area (TPSA) is 49.8 Å². The van der Waals surface area contributed by atoms with Gasteiger partial charge in [-0.1, -0.05) is 0 Å². The Morgan fingerprint density at radius 3 is 2.92 bits per heavy atom. The highest BCUT2D eigenvalue weighted by atomic mass is 79.9. The van der Waals surface area contributed by atoms with Crippen molar-refractivity contribution in [3.8, 4) is 6.07 Å². The molecule has 2 N–H and O–H groups in total. The molecule has 0 spiro atoms. The molecule has 0 aliphatic heterocycles. The molecule has 68 valence electrons. The first-order valence-corrected chi connectivity index (χ1v) is 5.56. The number of nitriles is 1. The monoisotopic (exact) mass is 256 g/mol. The molecule has 1 aromatic rings. The van der Waals surface area contributed by atoms with Gasteiger partial charge in [0.05, 0.1) is 6.07 Å². The van der Waals surface area contributed by atoms with Crippen LogP contribution in [0.4, 0.5) is 5.69 Å². The van der Waals surface area contributed by atoms with Gasteiger partial charge in [0.15, 0.2) is 0 Å². The van der Waals surface area contributed by atoms with Gasteiger partial charge in [0.25, 0.3) is 0 Å². The third-order valence-corrected chi connectivity index (χ3v) is 3.42. The van der Waals surface area contributed by atoms with Gasteiger partial charge < -0.3 is 5.73 Å². The molecule has 0 aliphatic carbocycles. The third-order valence-electron chi connectivity index (χ3n) is 1.43. The van der Waals surface area contributed by atoms with Crippen LogP contribution in [0.25, 0.3) is 0 Å². The van der Waals surface area contributed by atoms with E-state index in [1.807, 2.05) is 18.2 Å². The molecule has 0 saturated carbocycles. The molecule has 0 aromatic heterocycles. The molecule has 4 heteroatoms. The van der Waals surface area contributed by atoms with E-state index in [4.69, 9.17) is 11.0 Å². The predicted octanol–water partition coefficient (Wildman–Crippen LogP) is 3.04. The molecular formula is C9H9BrN2S. The first-order chi connectivity index (χ1) is 6.24. The highest BCUT2D eigenvalue weighted by molar-refractivity contribution is 9.10. The maximum absolute atomic E-state index is 8.36. The molecule has 0 heterocycles. The van der Waals surface area contributed by atoms with Crippen molar-refractivity contribution in [2.75, 3.05) is 11.5 Å². The minimum atomic E-state index is 0.571. The quantitative estimate of drug-likeness (QED) is 0.514. The second kappa shape index (κ2) is 5.15. The molecule has 0 aliphatic rings. The van der Waals surface area contributed by atoms with E-state index in [1.165, 1.54) is 0 Å². The summed E-state index contributed by atoms with van der Waals surface area (Å²) in [7, 11) is 0. The summed E-state index contributed by atoms with van der Waals surface area (Å²) in [5, 5.41) is 8.36. The van der Waals surface area contributed by atoms with Crippen molar-refractivity contribution in [1.82, 2.24) is 0 Å². The number of anilines is 1. The molecule has 13 heavy (non-hydrogen) atoms. The molecule has 1 rings (SSSR count). The Kier molecular flexibility index (Phi) is 4.13. The molecular weight excluding hydrogens is 248 g/mol. The van der Waals surface area contributed by atoms with Crippen molar-refractivity contribution >= 4 is 33.4 Å². The molecule has 0 bridgehead atoms. The first kappa shape index (κ1) is 10.4. The lowest BCUT2D eigenvalue weighted by Crippen LogP contribution is -1.85. The van der Waals surface area contributed by atoms with Gasteiger partial charge in [0.2, 0.25) is 0 Å². The minimum absolute atomic E-state index is 0.571. The molecule has 0 saturated heterocycles. The number of benzene rings is 1. The normalized spacial score (nSPS) is 9.54. The number of hydrogen-bond donors (Lipinski definition) is 1. The zero-order valence-corrected chi connectivity index (χ0v) is 9.36. The number of nitrogens with zero attached hydrogens (tertiary/aromatic N) is 1. The van der Waals surface area contributed by atoms with Gasteiger partial charge in [-0.2, -0.15) is 5.26 Å². The van der Waals surface area contributed by atoms with Crippen LogP contribution >= 0.6 is 27.7 Å². The average molecular weight is 257 g/mol. The third kappa shape index (κ3) is 3.29. The van der Waals surface area contributed by atoms with Crippen LogP contribution in [0.3, 0.4) is 0 Å². The summed E-state index contributed by atoms with van der Waals surface area (Å²) in [5.74, 6) is 0.818. The van der Waals surface area contributed by atoms with Crippen molar-refractivity contribution in [2.24, 2.45) is 0 Å². The largest absolute Gasteiger partial charge is 0.399 e. The Balaban J connectivity index is 2.62. The summed E-state index contributed by atoms with van der Waals surface area (Å²) in [6.07, 6.45) is 0.571. The minimum Gasteiger partial charge on any atom is -0.399 e. The maximum atomic E-state index is 8.36. The Morgan fingerprint density at radius 2 is 2.31 bits per heavy atom. The smallest absolute Gasteiger partial charge is 0.0630 e. The van der Waals surface area contributed by atoms with E-state index in [0.29, 0.717) is 6.42 Å². The molecule has 0 radical (unpaired) electrons. The molecule has 0 unspecified atom stereocenters. The lowest BCUT2D eigenvalue weighted by atomic mass is 10.3. The van der Waals surface area contributed by atoms with Crippen LogP contribution in [-0.2, 0) is 0 Å². The van der Waals surface area contributed by atoms with Crippen molar-refractivity contribution in [1.29, 1.82) is 5.26 Å². The molecule has 0 atom stereocenters. The summed E-state index contributed by atoms with van der Waals surface area (Å²) in [6, 6.07) is 7.80. The summed E-state index contributed by atoms with van der Waals surface area (Å²) in [6.45, 7) is 0. The fraction of sp³-hybridized carbons (Fsp3) is 0.222. The van der Waals surface area contributed by atoms with Gasteiger partial charge in [-0.3, -0.25) is 0 Å². The van der Waals surface area contributed by atoms with Gasteiger partial charge in [0.1, 0.15) is 0 Å². The van der Waals surface area contributed by atoms with Crippen LogP contribution in [0.2, 0.25) is 0 Å². The summed E-state index contributed by atoms with van der Waals surface area (Å²) < 4.78 is 0.996. The molecule has 2 nitrogen and oxygen atoms in total.